The summed E-state index contributed by atoms with van der Waals surface area (Å²) in [5.74, 6) is 0.850. The van der Waals surface area contributed by atoms with Crippen LogP contribution in [0.15, 0.2) is 35.3 Å². The van der Waals surface area contributed by atoms with Gasteiger partial charge in [-0.05, 0) is 44.1 Å². The van der Waals surface area contributed by atoms with Gasteiger partial charge in [0.2, 0.25) is 6.79 Å². The molecule has 3 aromatic rings. The third-order valence-electron chi connectivity index (χ3n) is 5.29. The van der Waals surface area contributed by atoms with Crippen molar-refractivity contribution in [3.8, 4) is 11.5 Å². The highest BCUT2D eigenvalue weighted by molar-refractivity contribution is 6.00. The Morgan fingerprint density at radius 3 is 2.79 bits per heavy atom. The summed E-state index contributed by atoms with van der Waals surface area (Å²) >= 11 is 0. The van der Waals surface area contributed by atoms with Gasteiger partial charge in [0.1, 0.15) is 0 Å². The summed E-state index contributed by atoms with van der Waals surface area (Å²) in [4.78, 5) is 32.6. The molecule has 5 rings (SSSR count). The molecule has 0 unspecified atom stereocenters. The highest BCUT2D eigenvalue weighted by Crippen LogP contribution is 2.34. The molecule has 2 aliphatic heterocycles. The van der Waals surface area contributed by atoms with Crippen molar-refractivity contribution in [1.29, 1.82) is 0 Å². The zero-order chi connectivity index (χ0) is 19.1. The summed E-state index contributed by atoms with van der Waals surface area (Å²) < 4.78 is 12.1. The number of carbonyl (C=O) groups excluding carboxylic acids is 1. The first-order valence-corrected chi connectivity index (χ1v) is 9.46. The normalized spacial score (nSPS) is 16.1. The lowest BCUT2D eigenvalue weighted by atomic mass is 10.2. The molecule has 144 valence electrons. The van der Waals surface area contributed by atoms with Gasteiger partial charge >= 0.3 is 0 Å². The molecule has 8 heteroatoms. The van der Waals surface area contributed by atoms with Crippen LogP contribution in [0.5, 0.6) is 11.5 Å². The highest BCUT2D eigenvalue weighted by Gasteiger charge is 2.19. The second-order valence-electron chi connectivity index (χ2n) is 7.06. The van der Waals surface area contributed by atoms with Crippen molar-refractivity contribution in [1.82, 2.24) is 19.6 Å². The number of hydrogen-bond acceptors (Lipinski definition) is 6. The number of nitrogens with one attached hydrogen (secondary N) is 1. The number of carbonyl (C=O) groups is 1. The van der Waals surface area contributed by atoms with E-state index in [1.807, 2.05) is 0 Å². The number of fused-ring (bicyclic) bond motifs is 3. The van der Waals surface area contributed by atoms with E-state index >= 15 is 0 Å². The predicted octanol–water partition coefficient (Wildman–Crippen LogP) is 1.40. The van der Waals surface area contributed by atoms with Crippen LogP contribution < -0.4 is 20.3 Å². The van der Waals surface area contributed by atoms with E-state index in [2.05, 4.69) is 15.2 Å². The van der Waals surface area contributed by atoms with Crippen molar-refractivity contribution in [2.24, 2.45) is 0 Å². The molecule has 0 atom stereocenters. The molecule has 1 N–H and O–H groups in total. The number of pyridine rings is 1. The summed E-state index contributed by atoms with van der Waals surface area (Å²) in [5, 5.41) is 3.37. The summed E-state index contributed by atoms with van der Waals surface area (Å²) in [7, 11) is 0. The van der Waals surface area contributed by atoms with Crippen molar-refractivity contribution in [3.05, 3.63) is 46.4 Å². The van der Waals surface area contributed by atoms with Gasteiger partial charge in [-0.2, -0.15) is 0 Å². The van der Waals surface area contributed by atoms with Crippen LogP contribution in [0, 0.1) is 0 Å². The third-order valence-corrected chi connectivity index (χ3v) is 5.29. The number of aromatic nitrogens is 2. The van der Waals surface area contributed by atoms with Crippen LogP contribution in [-0.4, -0.2) is 53.2 Å². The fourth-order valence-electron chi connectivity index (χ4n) is 3.82. The molecule has 0 saturated carbocycles. The second kappa shape index (κ2) is 6.79. The Hall–Kier alpha value is -3.13. The van der Waals surface area contributed by atoms with E-state index in [1.165, 1.54) is 17.2 Å². The maximum Gasteiger partial charge on any atom is 0.265 e. The van der Waals surface area contributed by atoms with Gasteiger partial charge in [0.15, 0.2) is 17.1 Å². The molecule has 28 heavy (non-hydrogen) atoms. The predicted molar refractivity (Wildman–Crippen MR) is 103 cm³/mol. The van der Waals surface area contributed by atoms with E-state index < -0.39 is 0 Å². The van der Waals surface area contributed by atoms with Crippen LogP contribution >= 0.6 is 0 Å². The summed E-state index contributed by atoms with van der Waals surface area (Å²) in [5.41, 5.74) is 0.940. The molecule has 0 spiro atoms. The Bertz CT molecular complexity index is 1130. The lowest BCUT2D eigenvalue weighted by Crippen LogP contribution is -2.34. The molecule has 0 radical (unpaired) electrons. The minimum Gasteiger partial charge on any atom is -0.454 e. The van der Waals surface area contributed by atoms with E-state index in [4.69, 9.17) is 9.47 Å². The molecule has 0 aliphatic carbocycles. The number of benzene rings is 1. The zero-order valence-corrected chi connectivity index (χ0v) is 15.3. The third kappa shape index (κ3) is 2.86. The topological polar surface area (TPSA) is 85.2 Å². The molecule has 1 fully saturated rings. The van der Waals surface area contributed by atoms with Crippen LogP contribution in [0.2, 0.25) is 0 Å². The number of rotatable bonds is 4. The number of nitrogens with zero attached hydrogens (tertiary/aromatic N) is 3. The Kier molecular flexibility index (Phi) is 4.12. The summed E-state index contributed by atoms with van der Waals surface area (Å²) in [6.45, 7) is 3.69. The maximum atomic E-state index is 12.9. The lowest BCUT2D eigenvalue weighted by Gasteiger charge is -2.15. The van der Waals surface area contributed by atoms with Gasteiger partial charge in [0.25, 0.3) is 11.5 Å². The molecular weight excluding hydrogens is 360 g/mol. The van der Waals surface area contributed by atoms with Crippen molar-refractivity contribution in [2.75, 3.05) is 33.0 Å². The first kappa shape index (κ1) is 17.0. The fraction of sp³-hybridized carbons (Fsp3) is 0.350. The SMILES string of the molecule is O=C(NCCN1CCCC1)c1cccn2c(=O)c3cc4c(cc3nc12)OCO4. The average molecular weight is 380 g/mol. The molecule has 8 nitrogen and oxygen atoms in total. The van der Waals surface area contributed by atoms with Gasteiger partial charge in [0, 0.05) is 25.4 Å². The minimum absolute atomic E-state index is 0.122. The largest absolute Gasteiger partial charge is 0.454 e. The Balaban J connectivity index is 1.50. The summed E-state index contributed by atoms with van der Waals surface area (Å²) in [6, 6.07) is 6.69. The Labute approximate surface area is 160 Å². The van der Waals surface area contributed by atoms with Crippen molar-refractivity contribution < 1.29 is 14.3 Å². The van der Waals surface area contributed by atoms with E-state index in [9.17, 15) is 9.59 Å². The molecule has 2 aliphatic rings. The van der Waals surface area contributed by atoms with Gasteiger partial charge < -0.3 is 19.7 Å². The summed E-state index contributed by atoms with van der Waals surface area (Å²) in [6.07, 6.45) is 4.06. The quantitative estimate of drug-likeness (QED) is 0.689. The molecule has 4 heterocycles. The van der Waals surface area contributed by atoms with Gasteiger partial charge in [-0.3, -0.25) is 14.0 Å². The molecule has 0 bridgehead atoms. The zero-order valence-electron chi connectivity index (χ0n) is 15.3. The minimum atomic E-state index is -0.245. The smallest absolute Gasteiger partial charge is 0.265 e. The molecule has 1 amide bonds. The Morgan fingerprint density at radius 1 is 1.18 bits per heavy atom. The van der Waals surface area contributed by atoms with Crippen molar-refractivity contribution in [3.63, 3.8) is 0 Å². The van der Waals surface area contributed by atoms with Crippen molar-refractivity contribution in [2.45, 2.75) is 12.8 Å². The molecule has 1 saturated heterocycles. The first-order valence-electron chi connectivity index (χ1n) is 9.46. The van der Waals surface area contributed by atoms with E-state index in [0.717, 1.165) is 19.6 Å². The average Bonchev–Trinajstić information content (AvgIpc) is 3.38. The second-order valence-corrected chi connectivity index (χ2v) is 7.06. The van der Waals surface area contributed by atoms with Gasteiger partial charge in [-0.15, -0.1) is 0 Å². The van der Waals surface area contributed by atoms with Crippen LogP contribution in [-0.2, 0) is 0 Å². The molecule has 2 aromatic heterocycles. The van der Waals surface area contributed by atoms with E-state index in [-0.39, 0.29) is 18.3 Å². The number of ether oxygens (including phenoxy) is 2. The van der Waals surface area contributed by atoms with E-state index in [1.54, 1.807) is 30.5 Å². The van der Waals surface area contributed by atoms with Gasteiger partial charge in [0.05, 0.1) is 16.5 Å². The van der Waals surface area contributed by atoms with Gasteiger partial charge in [-0.1, -0.05) is 0 Å². The standard InChI is InChI=1S/C20H20N4O4/c25-19(21-5-9-23-6-1-2-7-23)13-4-3-8-24-18(13)22-15-11-17-16(27-12-28-17)10-14(15)20(24)26/h3-4,8,10-11H,1-2,5-7,9,12H2,(H,21,25). The van der Waals surface area contributed by atoms with Crippen LogP contribution in [0.1, 0.15) is 23.2 Å². The van der Waals surface area contributed by atoms with Crippen LogP contribution in [0.25, 0.3) is 16.6 Å². The Morgan fingerprint density at radius 2 is 1.96 bits per heavy atom. The maximum absolute atomic E-state index is 12.9. The van der Waals surface area contributed by atoms with Crippen LogP contribution in [0.4, 0.5) is 0 Å². The van der Waals surface area contributed by atoms with E-state index in [0.29, 0.717) is 40.2 Å². The number of hydrogen-bond donors (Lipinski definition) is 1. The highest BCUT2D eigenvalue weighted by atomic mass is 16.7. The van der Waals surface area contributed by atoms with Crippen LogP contribution in [0.3, 0.4) is 0 Å². The number of amides is 1. The number of likely N-dealkylation sites (tertiary alicyclic amines) is 1. The van der Waals surface area contributed by atoms with Gasteiger partial charge in [-0.25, -0.2) is 4.98 Å². The molecular formula is C20H20N4O4. The first-order chi connectivity index (χ1) is 13.7. The molecule has 1 aromatic carbocycles. The monoisotopic (exact) mass is 380 g/mol. The van der Waals surface area contributed by atoms with Crippen molar-refractivity contribution >= 4 is 22.5 Å². The fourth-order valence-corrected chi connectivity index (χ4v) is 3.82. The lowest BCUT2D eigenvalue weighted by molar-refractivity contribution is 0.0951.